The molecule has 0 aliphatic carbocycles. The summed E-state index contributed by atoms with van der Waals surface area (Å²) in [7, 11) is 0. The standard InChI is InChI=1S/C19H24O4S/c1-5-7-13(3)24-14(4)15-9-16(19(21)22)11-18(10-15)23-17(12-20)8-6-2/h5,7,9-11,17,20H,1,4,6,8,12H2,2-3H3,(H,21,22)/b13-7-/t17-/m1/s1. The van der Waals surface area contributed by atoms with Gasteiger partial charge in [0.05, 0.1) is 12.2 Å². The number of aliphatic hydroxyl groups excluding tert-OH is 1. The van der Waals surface area contributed by atoms with Crippen molar-refractivity contribution < 1.29 is 19.7 Å². The van der Waals surface area contributed by atoms with E-state index >= 15 is 0 Å². The van der Waals surface area contributed by atoms with Crippen LogP contribution in [0.3, 0.4) is 0 Å². The lowest BCUT2D eigenvalue weighted by Gasteiger charge is -2.18. The van der Waals surface area contributed by atoms with Crippen molar-refractivity contribution in [3.8, 4) is 5.75 Å². The van der Waals surface area contributed by atoms with Crippen LogP contribution >= 0.6 is 11.8 Å². The molecular formula is C19H24O4S. The second kappa shape index (κ2) is 10.0. The van der Waals surface area contributed by atoms with Crippen LogP contribution in [-0.2, 0) is 0 Å². The van der Waals surface area contributed by atoms with Crippen LogP contribution in [0.2, 0.25) is 0 Å². The molecule has 0 aromatic heterocycles. The fraction of sp³-hybridized carbons (Fsp3) is 0.316. The molecule has 0 spiro atoms. The number of carboxylic acid groups (broad SMARTS) is 1. The Morgan fingerprint density at radius 2 is 2.04 bits per heavy atom. The number of benzene rings is 1. The van der Waals surface area contributed by atoms with Gasteiger partial charge in [0.15, 0.2) is 0 Å². The Bertz CT molecular complexity index is 634. The summed E-state index contributed by atoms with van der Waals surface area (Å²) in [6.07, 6.45) is 4.76. The van der Waals surface area contributed by atoms with Crippen molar-refractivity contribution in [2.75, 3.05) is 6.61 Å². The Kier molecular flexibility index (Phi) is 8.36. The fourth-order valence-corrected chi connectivity index (χ4v) is 2.90. The lowest BCUT2D eigenvalue weighted by molar-refractivity contribution is 0.0695. The van der Waals surface area contributed by atoms with Gasteiger partial charge in [-0.3, -0.25) is 0 Å². The highest BCUT2D eigenvalue weighted by Gasteiger charge is 2.14. The number of hydrogen-bond donors (Lipinski definition) is 2. The molecule has 1 rings (SSSR count). The molecule has 0 amide bonds. The van der Waals surface area contributed by atoms with Crippen molar-refractivity contribution in [2.24, 2.45) is 0 Å². The van der Waals surface area contributed by atoms with Gasteiger partial charge in [0, 0.05) is 4.91 Å². The Labute approximate surface area is 147 Å². The van der Waals surface area contributed by atoms with E-state index in [1.807, 2.05) is 19.9 Å². The van der Waals surface area contributed by atoms with Crippen molar-refractivity contribution in [3.05, 3.63) is 59.5 Å². The number of rotatable bonds is 10. The molecule has 4 nitrogen and oxygen atoms in total. The summed E-state index contributed by atoms with van der Waals surface area (Å²) < 4.78 is 5.74. The molecule has 2 N–H and O–H groups in total. The van der Waals surface area contributed by atoms with Crippen molar-refractivity contribution >= 4 is 22.6 Å². The van der Waals surface area contributed by atoms with Gasteiger partial charge < -0.3 is 14.9 Å². The van der Waals surface area contributed by atoms with Crippen LogP contribution in [0.15, 0.2) is 48.4 Å². The number of carboxylic acids is 1. The second-order valence-electron chi connectivity index (χ2n) is 5.30. The van der Waals surface area contributed by atoms with E-state index in [2.05, 4.69) is 13.2 Å². The Hall–Kier alpha value is -1.98. The van der Waals surface area contributed by atoms with Crippen LogP contribution in [0.25, 0.3) is 4.91 Å². The van der Waals surface area contributed by atoms with E-state index in [0.717, 1.165) is 16.2 Å². The lowest BCUT2D eigenvalue weighted by Crippen LogP contribution is -2.21. The highest BCUT2D eigenvalue weighted by Crippen LogP contribution is 2.34. The minimum Gasteiger partial charge on any atom is -0.488 e. The first-order valence-corrected chi connectivity index (χ1v) is 8.55. The van der Waals surface area contributed by atoms with Gasteiger partial charge in [0.2, 0.25) is 0 Å². The number of thioether (sulfide) groups is 1. The first-order valence-electron chi connectivity index (χ1n) is 7.73. The molecule has 24 heavy (non-hydrogen) atoms. The van der Waals surface area contributed by atoms with Gasteiger partial charge in [-0.05, 0) is 42.0 Å². The third-order valence-electron chi connectivity index (χ3n) is 3.23. The SMILES string of the molecule is C=C/C=C(/C)SC(=C)c1cc(O[C@@H](CO)CCC)cc(C(=O)O)c1. The van der Waals surface area contributed by atoms with Crippen LogP contribution in [0.5, 0.6) is 5.75 Å². The van der Waals surface area contributed by atoms with Gasteiger partial charge in [0.25, 0.3) is 0 Å². The highest BCUT2D eigenvalue weighted by atomic mass is 32.2. The van der Waals surface area contributed by atoms with Crippen LogP contribution in [0.1, 0.15) is 42.6 Å². The Morgan fingerprint density at radius 1 is 1.38 bits per heavy atom. The smallest absolute Gasteiger partial charge is 0.335 e. The zero-order valence-electron chi connectivity index (χ0n) is 14.1. The number of ether oxygens (including phenoxy) is 1. The van der Waals surface area contributed by atoms with Gasteiger partial charge in [-0.1, -0.05) is 50.4 Å². The zero-order valence-corrected chi connectivity index (χ0v) is 14.9. The molecule has 0 saturated heterocycles. The zero-order chi connectivity index (χ0) is 18.1. The molecule has 0 aliphatic heterocycles. The molecule has 0 fully saturated rings. The van der Waals surface area contributed by atoms with E-state index in [4.69, 9.17) is 4.74 Å². The molecule has 130 valence electrons. The molecule has 0 bridgehead atoms. The van der Waals surface area contributed by atoms with E-state index < -0.39 is 5.97 Å². The molecule has 1 aromatic rings. The van der Waals surface area contributed by atoms with Crippen LogP contribution in [0, 0.1) is 0 Å². The average Bonchev–Trinajstić information content (AvgIpc) is 2.54. The van der Waals surface area contributed by atoms with Crippen molar-refractivity contribution in [2.45, 2.75) is 32.8 Å². The van der Waals surface area contributed by atoms with Gasteiger partial charge in [-0.25, -0.2) is 4.79 Å². The Balaban J connectivity index is 3.11. The van der Waals surface area contributed by atoms with Gasteiger partial charge in [-0.15, -0.1) is 0 Å². The van der Waals surface area contributed by atoms with E-state index in [1.54, 1.807) is 18.2 Å². The molecule has 5 heteroatoms. The molecular weight excluding hydrogens is 324 g/mol. The minimum absolute atomic E-state index is 0.114. The molecule has 0 aliphatic rings. The van der Waals surface area contributed by atoms with Gasteiger partial charge in [0.1, 0.15) is 11.9 Å². The predicted octanol–water partition coefficient (Wildman–Crippen LogP) is 4.72. The molecule has 1 aromatic carbocycles. The summed E-state index contributed by atoms with van der Waals surface area (Å²) in [5, 5.41) is 18.7. The van der Waals surface area contributed by atoms with E-state index in [9.17, 15) is 15.0 Å². The highest BCUT2D eigenvalue weighted by molar-refractivity contribution is 8.11. The largest absolute Gasteiger partial charge is 0.488 e. The summed E-state index contributed by atoms with van der Waals surface area (Å²) in [4.78, 5) is 13.1. The first kappa shape index (κ1) is 20.1. The fourth-order valence-electron chi connectivity index (χ4n) is 2.11. The third-order valence-corrected chi connectivity index (χ3v) is 4.17. The monoisotopic (exact) mass is 348 g/mol. The molecule has 0 unspecified atom stereocenters. The third kappa shape index (κ3) is 6.26. The summed E-state index contributed by atoms with van der Waals surface area (Å²) in [5.41, 5.74) is 0.808. The number of allylic oxidation sites excluding steroid dienone is 3. The maximum Gasteiger partial charge on any atom is 0.335 e. The molecule has 0 heterocycles. The normalized spacial score (nSPS) is 12.5. The molecule has 0 saturated carbocycles. The molecule has 1 atom stereocenters. The quantitative estimate of drug-likeness (QED) is 0.599. The van der Waals surface area contributed by atoms with Crippen molar-refractivity contribution in [1.82, 2.24) is 0 Å². The lowest BCUT2D eigenvalue weighted by atomic mass is 10.1. The first-order chi connectivity index (χ1) is 11.4. The summed E-state index contributed by atoms with van der Waals surface area (Å²) in [5.74, 6) is -0.613. The summed E-state index contributed by atoms with van der Waals surface area (Å²) in [6, 6.07) is 4.79. The number of carbonyl (C=O) groups is 1. The Morgan fingerprint density at radius 3 is 2.58 bits per heavy atom. The van der Waals surface area contributed by atoms with Crippen molar-refractivity contribution in [3.63, 3.8) is 0 Å². The number of hydrogen-bond acceptors (Lipinski definition) is 4. The maximum atomic E-state index is 11.4. The van der Waals surface area contributed by atoms with Crippen molar-refractivity contribution in [1.29, 1.82) is 0 Å². The van der Waals surface area contributed by atoms with E-state index in [1.165, 1.54) is 17.8 Å². The predicted molar refractivity (Wildman–Crippen MR) is 100 cm³/mol. The second-order valence-corrected chi connectivity index (χ2v) is 6.64. The van der Waals surface area contributed by atoms with E-state index in [0.29, 0.717) is 17.7 Å². The topological polar surface area (TPSA) is 66.8 Å². The number of aromatic carboxylic acids is 1. The number of aliphatic hydroxyl groups is 1. The van der Waals surface area contributed by atoms with Gasteiger partial charge >= 0.3 is 5.97 Å². The van der Waals surface area contributed by atoms with Crippen LogP contribution in [-0.4, -0.2) is 28.9 Å². The summed E-state index contributed by atoms with van der Waals surface area (Å²) >= 11 is 1.44. The maximum absolute atomic E-state index is 11.4. The van der Waals surface area contributed by atoms with Gasteiger partial charge in [-0.2, -0.15) is 0 Å². The average molecular weight is 348 g/mol. The van der Waals surface area contributed by atoms with E-state index in [-0.39, 0.29) is 18.3 Å². The van der Waals surface area contributed by atoms with Crippen LogP contribution < -0.4 is 4.74 Å². The minimum atomic E-state index is -1.03. The van der Waals surface area contributed by atoms with Crippen LogP contribution in [0.4, 0.5) is 0 Å². The summed E-state index contributed by atoms with van der Waals surface area (Å²) in [6.45, 7) is 11.5. The molecule has 0 radical (unpaired) electrons.